The first kappa shape index (κ1) is 14.9. The van der Waals surface area contributed by atoms with E-state index in [-0.39, 0.29) is 11.9 Å². The zero-order valence-corrected chi connectivity index (χ0v) is 13.2. The summed E-state index contributed by atoms with van der Waals surface area (Å²) in [6, 6.07) is 7.96. The van der Waals surface area contributed by atoms with Gasteiger partial charge in [-0.25, -0.2) is 0 Å². The highest BCUT2D eigenvalue weighted by Crippen LogP contribution is 2.29. The molecule has 0 saturated heterocycles. The molecular weight excluding hydrogens is 292 g/mol. The van der Waals surface area contributed by atoms with Crippen LogP contribution in [0.1, 0.15) is 31.0 Å². The van der Waals surface area contributed by atoms with Gasteiger partial charge in [-0.2, -0.15) is 0 Å². The highest BCUT2D eigenvalue weighted by molar-refractivity contribution is 7.14. The number of hydrogen-bond acceptors (Lipinski definition) is 3. The Morgan fingerprint density at radius 2 is 2.10 bits per heavy atom. The minimum atomic E-state index is -0.0718. The van der Waals surface area contributed by atoms with Crippen LogP contribution in [-0.2, 0) is 4.79 Å². The zero-order valence-electron chi connectivity index (χ0n) is 11.7. The van der Waals surface area contributed by atoms with E-state index in [1.165, 1.54) is 18.3 Å². The van der Waals surface area contributed by atoms with Crippen molar-refractivity contribution in [3.63, 3.8) is 0 Å². The third kappa shape index (κ3) is 3.74. The summed E-state index contributed by atoms with van der Waals surface area (Å²) in [5, 5.41) is 8.29. The highest BCUT2D eigenvalue weighted by atomic mass is 35.5. The number of anilines is 2. The first-order valence-corrected chi connectivity index (χ1v) is 7.60. The molecule has 0 fully saturated rings. The molecule has 2 N–H and O–H groups in total. The van der Waals surface area contributed by atoms with Gasteiger partial charge in [0.15, 0.2) is 0 Å². The molecule has 20 heavy (non-hydrogen) atoms. The molecule has 1 amide bonds. The second-order valence-electron chi connectivity index (χ2n) is 4.76. The van der Waals surface area contributed by atoms with E-state index in [0.29, 0.717) is 0 Å². The fraction of sp³-hybridized carbons (Fsp3) is 0.267. The van der Waals surface area contributed by atoms with Gasteiger partial charge in [-0.1, -0.05) is 17.7 Å². The summed E-state index contributed by atoms with van der Waals surface area (Å²) < 4.78 is 0.789. The molecule has 1 unspecified atom stereocenters. The van der Waals surface area contributed by atoms with Crippen LogP contribution in [0.3, 0.4) is 0 Å². The van der Waals surface area contributed by atoms with E-state index < -0.39 is 0 Å². The maximum atomic E-state index is 11.1. The summed E-state index contributed by atoms with van der Waals surface area (Å²) in [5.74, 6) is -0.0718. The van der Waals surface area contributed by atoms with Crippen molar-refractivity contribution >= 4 is 40.2 Å². The third-order valence-corrected chi connectivity index (χ3v) is 4.13. The molecule has 0 aliphatic rings. The van der Waals surface area contributed by atoms with Crippen LogP contribution < -0.4 is 10.6 Å². The molecule has 5 heteroatoms. The number of carbonyl (C=O) groups is 1. The van der Waals surface area contributed by atoms with Crippen LogP contribution in [-0.4, -0.2) is 5.91 Å². The molecule has 0 spiro atoms. The van der Waals surface area contributed by atoms with E-state index >= 15 is 0 Å². The van der Waals surface area contributed by atoms with Gasteiger partial charge in [0.05, 0.1) is 4.34 Å². The largest absolute Gasteiger partial charge is 0.378 e. The van der Waals surface area contributed by atoms with Crippen LogP contribution in [0.4, 0.5) is 11.4 Å². The molecule has 0 radical (unpaired) electrons. The van der Waals surface area contributed by atoms with Gasteiger partial charge < -0.3 is 10.6 Å². The number of amides is 1. The van der Waals surface area contributed by atoms with Gasteiger partial charge in [-0.05, 0) is 48.6 Å². The molecule has 106 valence electrons. The predicted molar refractivity (Wildman–Crippen MR) is 86.8 cm³/mol. The fourth-order valence-corrected chi connectivity index (χ4v) is 2.91. The molecule has 1 aromatic carbocycles. The van der Waals surface area contributed by atoms with Gasteiger partial charge in [0.2, 0.25) is 5.91 Å². The number of thiophene rings is 1. The number of halogens is 1. The lowest BCUT2D eigenvalue weighted by molar-refractivity contribution is -0.114. The lowest BCUT2D eigenvalue weighted by atomic mass is 10.1. The van der Waals surface area contributed by atoms with Crippen LogP contribution in [0.5, 0.6) is 0 Å². The van der Waals surface area contributed by atoms with E-state index in [1.54, 1.807) is 0 Å². The molecule has 1 atom stereocenters. The Morgan fingerprint density at radius 3 is 2.70 bits per heavy atom. The molecule has 1 heterocycles. The normalized spacial score (nSPS) is 12.0. The minimum absolute atomic E-state index is 0.0718. The van der Waals surface area contributed by atoms with Gasteiger partial charge in [0, 0.05) is 24.3 Å². The molecule has 3 nitrogen and oxygen atoms in total. The van der Waals surface area contributed by atoms with Crippen molar-refractivity contribution < 1.29 is 4.79 Å². The Labute approximate surface area is 128 Å². The van der Waals surface area contributed by atoms with Crippen LogP contribution in [0, 0.1) is 6.92 Å². The second-order valence-corrected chi connectivity index (χ2v) is 6.30. The third-order valence-electron chi connectivity index (χ3n) is 3.02. The molecule has 2 aromatic rings. The van der Waals surface area contributed by atoms with E-state index in [9.17, 15) is 4.79 Å². The summed E-state index contributed by atoms with van der Waals surface area (Å²) in [4.78, 5) is 11.1. The molecular formula is C15H17ClN2OS. The second kappa shape index (κ2) is 6.29. The number of carbonyl (C=O) groups excluding carboxylic acids is 1. The van der Waals surface area contributed by atoms with Gasteiger partial charge in [-0.3, -0.25) is 4.79 Å². The summed E-state index contributed by atoms with van der Waals surface area (Å²) in [7, 11) is 0. The predicted octanol–water partition coefficient (Wildman–Crippen LogP) is 4.84. The Morgan fingerprint density at radius 1 is 1.35 bits per heavy atom. The number of hydrogen-bond donors (Lipinski definition) is 2. The zero-order chi connectivity index (χ0) is 14.7. The van der Waals surface area contributed by atoms with E-state index in [0.717, 1.165) is 26.8 Å². The van der Waals surface area contributed by atoms with Crippen molar-refractivity contribution in [2.75, 3.05) is 10.6 Å². The molecule has 0 aliphatic carbocycles. The molecule has 2 rings (SSSR count). The topological polar surface area (TPSA) is 41.1 Å². The van der Waals surface area contributed by atoms with Crippen LogP contribution in [0.2, 0.25) is 4.34 Å². The van der Waals surface area contributed by atoms with Crippen molar-refractivity contribution in [2.45, 2.75) is 26.8 Å². The Balaban J connectivity index is 2.17. The van der Waals surface area contributed by atoms with Crippen molar-refractivity contribution in [3.05, 3.63) is 45.1 Å². The fourth-order valence-electron chi connectivity index (χ4n) is 1.93. The number of benzene rings is 1. The maximum Gasteiger partial charge on any atom is 0.221 e. The van der Waals surface area contributed by atoms with Gasteiger partial charge in [-0.15, -0.1) is 11.3 Å². The number of rotatable bonds is 4. The Hall–Kier alpha value is -1.52. The van der Waals surface area contributed by atoms with Crippen molar-refractivity contribution in [2.24, 2.45) is 0 Å². The standard InChI is InChI=1S/C15H17ClN2OS/c1-9-4-5-13(18-11(3)19)7-14(9)17-10(2)12-6-15(16)20-8-12/h4-8,10,17H,1-3H3,(H,18,19). The van der Waals surface area contributed by atoms with E-state index in [2.05, 4.69) is 17.6 Å². The molecule has 0 saturated carbocycles. The first-order valence-electron chi connectivity index (χ1n) is 6.34. The first-order chi connectivity index (χ1) is 9.45. The Bertz CT molecular complexity index is 624. The van der Waals surface area contributed by atoms with E-state index in [1.807, 2.05) is 36.6 Å². The van der Waals surface area contributed by atoms with Crippen LogP contribution in [0.15, 0.2) is 29.6 Å². The summed E-state index contributed by atoms with van der Waals surface area (Å²) in [6.45, 7) is 5.62. The number of nitrogens with one attached hydrogen (secondary N) is 2. The van der Waals surface area contributed by atoms with Gasteiger partial charge >= 0.3 is 0 Å². The highest BCUT2D eigenvalue weighted by Gasteiger charge is 2.09. The van der Waals surface area contributed by atoms with Crippen molar-refractivity contribution in [1.82, 2.24) is 0 Å². The smallest absolute Gasteiger partial charge is 0.221 e. The van der Waals surface area contributed by atoms with Crippen molar-refractivity contribution in [1.29, 1.82) is 0 Å². The van der Waals surface area contributed by atoms with E-state index in [4.69, 9.17) is 11.6 Å². The number of aryl methyl sites for hydroxylation is 1. The quantitative estimate of drug-likeness (QED) is 0.848. The summed E-state index contributed by atoms with van der Waals surface area (Å²) >= 11 is 7.49. The summed E-state index contributed by atoms with van der Waals surface area (Å²) in [5.41, 5.74) is 4.09. The van der Waals surface area contributed by atoms with Gasteiger partial charge in [0.1, 0.15) is 0 Å². The molecule has 0 bridgehead atoms. The Kier molecular flexibility index (Phi) is 4.68. The van der Waals surface area contributed by atoms with Crippen LogP contribution >= 0.6 is 22.9 Å². The lowest BCUT2D eigenvalue weighted by Crippen LogP contribution is -2.09. The summed E-state index contributed by atoms with van der Waals surface area (Å²) in [6.07, 6.45) is 0. The maximum absolute atomic E-state index is 11.1. The lowest BCUT2D eigenvalue weighted by Gasteiger charge is -2.17. The minimum Gasteiger partial charge on any atom is -0.378 e. The molecule has 1 aromatic heterocycles. The monoisotopic (exact) mass is 308 g/mol. The van der Waals surface area contributed by atoms with Crippen LogP contribution in [0.25, 0.3) is 0 Å². The van der Waals surface area contributed by atoms with Gasteiger partial charge in [0.25, 0.3) is 0 Å². The average Bonchev–Trinajstić information content (AvgIpc) is 2.79. The van der Waals surface area contributed by atoms with Crippen molar-refractivity contribution in [3.8, 4) is 0 Å². The SMILES string of the molecule is CC(=O)Nc1ccc(C)c(NC(C)c2csc(Cl)c2)c1. The molecule has 0 aliphatic heterocycles. The average molecular weight is 309 g/mol.